The van der Waals surface area contributed by atoms with E-state index >= 15 is 0 Å². The van der Waals surface area contributed by atoms with Gasteiger partial charge in [0.05, 0.1) is 0 Å². The maximum absolute atomic E-state index is 12.8. The molecule has 5 nitrogen and oxygen atoms in total. The van der Waals surface area contributed by atoms with Crippen LogP contribution in [-0.4, -0.2) is 17.6 Å². The van der Waals surface area contributed by atoms with Crippen LogP contribution in [0.25, 0.3) is 0 Å². The van der Waals surface area contributed by atoms with Gasteiger partial charge in [0.2, 0.25) is 0 Å². The molecule has 0 bridgehead atoms. The summed E-state index contributed by atoms with van der Waals surface area (Å²) in [7, 11) is 0. The van der Waals surface area contributed by atoms with Crippen LogP contribution >= 0.6 is 0 Å². The van der Waals surface area contributed by atoms with Gasteiger partial charge in [-0.15, -0.1) is 0 Å². The molecule has 6 heteroatoms. The average Bonchev–Trinajstić information content (AvgIpc) is 2.49. The summed E-state index contributed by atoms with van der Waals surface area (Å²) in [5.41, 5.74) is 1.07. The summed E-state index contributed by atoms with van der Waals surface area (Å²) in [6.45, 7) is 1.40. The molecule has 0 saturated heterocycles. The predicted molar refractivity (Wildman–Crippen MR) is 80.1 cm³/mol. The summed E-state index contributed by atoms with van der Waals surface area (Å²) in [5, 5.41) is 4.73. The van der Waals surface area contributed by atoms with Gasteiger partial charge in [-0.05, 0) is 43.3 Å². The van der Waals surface area contributed by atoms with Crippen molar-refractivity contribution < 1.29 is 18.8 Å². The number of ketones is 1. The number of nitrogens with one attached hydrogen (secondary N) is 2. The van der Waals surface area contributed by atoms with E-state index < -0.39 is 17.6 Å². The second kappa shape index (κ2) is 6.62. The van der Waals surface area contributed by atoms with E-state index in [0.717, 1.165) is 0 Å². The molecule has 0 spiro atoms. The van der Waals surface area contributed by atoms with Gasteiger partial charge in [0, 0.05) is 16.9 Å². The molecule has 0 aliphatic rings. The molecule has 0 atom stereocenters. The highest BCUT2D eigenvalue weighted by molar-refractivity contribution is 6.43. The molecule has 0 heterocycles. The van der Waals surface area contributed by atoms with E-state index in [-0.39, 0.29) is 5.78 Å². The second-order valence-corrected chi connectivity index (χ2v) is 4.55. The third-order valence-corrected chi connectivity index (χ3v) is 2.84. The molecule has 2 aromatic carbocycles. The van der Waals surface area contributed by atoms with Gasteiger partial charge in [-0.3, -0.25) is 14.4 Å². The SMILES string of the molecule is CC(=O)c1cccc(NC(=O)C(=O)Nc2ccc(F)cc2)c1. The Hall–Kier alpha value is -3.02. The van der Waals surface area contributed by atoms with Crippen molar-refractivity contribution in [3.63, 3.8) is 0 Å². The van der Waals surface area contributed by atoms with Crippen molar-refractivity contribution in [3.8, 4) is 0 Å². The van der Waals surface area contributed by atoms with Gasteiger partial charge in [0.1, 0.15) is 5.82 Å². The lowest BCUT2D eigenvalue weighted by molar-refractivity contribution is -0.132. The van der Waals surface area contributed by atoms with Crippen molar-refractivity contribution in [1.29, 1.82) is 0 Å². The summed E-state index contributed by atoms with van der Waals surface area (Å²) in [5.74, 6) is -2.36. The Kier molecular flexibility index (Phi) is 4.63. The van der Waals surface area contributed by atoms with Gasteiger partial charge in [0.15, 0.2) is 5.78 Å². The van der Waals surface area contributed by atoms with Crippen LogP contribution in [-0.2, 0) is 9.59 Å². The Morgan fingerprint density at radius 1 is 0.864 bits per heavy atom. The molecule has 0 aromatic heterocycles. The number of hydrogen-bond donors (Lipinski definition) is 2. The molecule has 0 radical (unpaired) electrons. The standard InChI is InChI=1S/C16H13FN2O3/c1-10(20)11-3-2-4-14(9-11)19-16(22)15(21)18-13-7-5-12(17)6-8-13/h2-9H,1H3,(H,18,21)(H,19,22). The number of amides is 2. The van der Waals surface area contributed by atoms with Crippen LogP contribution in [0.15, 0.2) is 48.5 Å². The van der Waals surface area contributed by atoms with Crippen molar-refractivity contribution in [2.24, 2.45) is 0 Å². The van der Waals surface area contributed by atoms with Crippen LogP contribution in [0, 0.1) is 5.82 Å². The Morgan fingerprint density at radius 3 is 2.05 bits per heavy atom. The Morgan fingerprint density at radius 2 is 1.45 bits per heavy atom. The summed E-state index contributed by atoms with van der Waals surface area (Å²) in [4.78, 5) is 34.8. The predicted octanol–water partition coefficient (Wildman–Crippen LogP) is 2.61. The molecule has 0 saturated carbocycles. The zero-order valence-corrected chi connectivity index (χ0v) is 11.7. The molecule has 0 aliphatic carbocycles. The summed E-state index contributed by atoms with van der Waals surface area (Å²) in [6.07, 6.45) is 0. The average molecular weight is 300 g/mol. The van der Waals surface area contributed by atoms with E-state index in [1.165, 1.54) is 37.3 Å². The summed E-state index contributed by atoms with van der Waals surface area (Å²) >= 11 is 0. The maximum atomic E-state index is 12.8. The van der Waals surface area contributed by atoms with Gasteiger partial charge in [-0.25, -0.2) is 4.39 Å². The zero-order chi connectivity index (χ0) is 16.1. The highest BCUT2D eigenvalue weighted by atomic mass is 19.1. The topological polar surface area (TPSA) is 75.3 Å². The van der Waals surface area contributed by atoms with E-state index in [0.29, 0.717) is 16.9 Å². The van der Waals surface area contributed by atoms with Crippen molar-refractivity contribution in [1.82, 2.24) is 0 Å². The van der Waals surface area contributed by atoms with Crippen molar-refractivity contribution in [3.05, 3.63) is 59.9 Å². The fourth-order valence-corrected chi connectivity index (χ4v) is 1.72. The fourth-order valence-electron chi connectivity index (χ4n) is 1.72. The van der Waals surface area contributed by atoms with Crippen LogP contribution in [0.3, 0.4) is 0 Å². The van der Waals surface area contributed by atoms with Crippen molar-refractivity contribution in [2.75, 3.05) is 10.6 Å². The van der Waals surface area contributed by atoms with Crippen molar-refractivity contribution >= 4 is 29.0 Å². The van der Waals surface area contributed by atoms with Gasteiger partial charge in [-0.1, -0.05) is 12.1 Å². The molecule has 2 N–H and O–H groups in total. The van der Waals surface area contributed by atoms with Crippen LogP contribution in [0.5, 0.6) is 0 Å². The lowest BCUT2D eigenvalue weighted by atomic mass is 10.1. The number of hydrogen-bond acceptors (Lipinski definition) is 3. The van der Waals surface area contributed by atoms with Crippen LogP contribution in [0.1, 0.15) is 17.3 Å². The number of carbonyl (C=O) groups is 3. The molecule has 2 amide bonds. The fraction of sp³-hybridized carbons (Fsp3) is 0.0625. The number of Topliss-reactive ketones (excluding diaryl/α,β-unsaturated/α-hetero) is 1. The molecule has 0 unspecified atom stereocenters. The largest absolute Gasteiger partial charge is 0.318 e. The number of halogens is 1. The lowest BCUT2D eigenvalue weighted by Gasteiger charge is -2.07. The number of rotatable bonds is 3. The van der Waals surface area contributed by atoms with Crippen LogP contribution in [0.4, 0.5) is 15.8 Å². The van der Waals surface area contributed by atoms with E-state index in [9.17, 15) is 18.8 Å². The Labute approximate surface area is 126 Å². The van der Waals surface area contributed by atoms with Gasteiger partial charge < -0.3 is 10.6 Å². The van der Waals surface area contributed by atoms with Crippen LogP contribution in [0.2, 0.25) is 0 Å². The quantitative estimate of drug-likeness (QED) is 0.676. The zero-order valence-electron chi connectivity index (χ0n) is 11.7. The van der Waals surface area contributed by atoms with E-state index in [1.54, 1.807) is 18.2 Å². The number of carbonyl (C=O) groups excluding carboxylic acids is 3. The molecule has 2 rings (SSSR count). The van der Waals surface area contributed by atoms with Crippen molar-refractivity contribution in [2.45, 2.75) is 6.92 Å². The van der Waals surface area contributed by atoms with E-state index in [2.05, 4.69) is 10.6 Å². The van der Waals surface area contributed by atoms with Crippen LogP contribution < -0.4 is 10.6 Å². The minimum Gasteiger partial charge on any atom is -0.318 e. The monoisotopic (exact) mass is 300 g/mol. The van der Waals surface area contributed by atoms with E-state index in [1.807, 2.05) is 0 Å². The maximum Gasteiger partial charge on any atom is 0.314 e. The normalized spacial score (nSPS) is 9.91. The van der Waals surface area contributed by atoms with Gasteiger partial charge in [0.25, 0.3) is 0 Å². The number of benzene rings is 2. The Balaban J connectivity index is 2.02. The third-order valence-electron chi connectivity index (χ3n) is 2.84. The van der Waals surface area contributed by atoms with E-state index in [4.69, 9.17) is 0 Å². The highest BCUT2D eigenvalue weighted by Crippen LogP contribution is 2.12. The first-order valence-electron chi connectivity index (χ1n) is 6.44. The smallest absolute Gasteiger partial charge is 0.314 e. The molecular formula is C16H13FN2O3. The second-order valence-electron chi connectivity index (χ2n) is 4.55. The molecule has 0 fully saturated rings. The first-order valence-corrected chi connectivity index (χ1v) is 6.44. The molecule has 112 valence electrons. The van der Waals surface area contributed by atoms with Gasteiger partial charge >= 0.3 is 11.8 Å². The first-order chi connectivity index (χ1) is 10.5. The molecular weight excluding hydrogens is 287 g/mol. The Bertz CT molecular complexity index is 726. The molecule has 22 heavy (non-hydrogen) atoms. The number of anilines is 2. The first kappa shape index (κ1) is 15.4. The minimum atomic E-state index is -0.889. The molecule has 2 aromatic rings. The summed E-state index contributed by atoms with van der Waals surface area (Å²) < 4.78 is 12.8. The van der Waals surface area contributed by atoms with Gasteiger partial charge in [-0.2, -0.15) is 0 Å². The highest BCUT2D eigenvalue weighted by Gasteiger charge is 2.14. The third kappa shape index (κ3) is 3.99. The minimum absolute atomic E-state index is 0.146. The lowest BCUT2D eigenvalue weighted by Crippen LogP contribution is -2.29. The molecule has 0 aliphatic heterocycles. The summed E-state index contributed by atoms with van der Waals surface area (Å²) in [6, 6.07) is 11.3.